The van der Waals surface area contributed by atoms with Gasteiger partial charge in [0.1, 0.15) is 0 Å². The Balaban J connectivity index is 2.00. The molecule has 0 aliphatic carbocycles. The fraction of sp³-hybridized carbons (Fsp3) is 0.524. The molecule has 1 aromatic carbocycles. The van der Waals surface area contributed by atoms with Gasteiger partial charge in [0.05, 0.1) is 17.7 Å². The number of hydrogen-bond donors (Lipinski definition) is 2. The summed E-state index contributed by atoms with van der Waals surface area (Å²) >= 11 is 0. The number of aliphatic hydroxyl groups is 1. The van der Waals surface area contributed by atoms with Gasteiger partial charge in [-0.3, -0.25) is 4.79 Å². The van der Waals surface area contributed by atoms with Crippen molar-refractivity contribution < 1.29 is 28.6 Å². The van der Waals surface area contributed by atoms with Gasteiger partial charge in [-0.15, -0.1) is 0 Å². The van der Waals surface area contributed by atoms with Gasteiger partial charge >= 0.3 is 11.9 Å². The van der Waals surface area contributed by atoms with E-state index in [0.29, 0.717) is 12.8 Å². The van der Waals surface area contributed by atoms with Crippen molar-refractivity contribution in [2.24, 2.45) is 0 Å². The topological polar surface area (TPSA) is 77.8 Å². The van der Waals surface area contributed by atoms with Crippen LogP contribution < -0.4 is 0 Å². The quantitative estimate of drug-likeness (QED) is 0.468. The zero-order chi connectivity index (χ0) is 20.7. The molecule has 0 bridgehead atoms. The third-order valence-electron chi connectivity index (χ3n) is 4.94. The van der Waals surface area contributed by atoms with Gasteiger partial charge in [-0.05, 0) is 30.5 Å². The Morgan fingerprint density at radius 1 is 1.32 bits per heavy atom. The van der Waals surface area contributed by atoms with Crippen molar-refractivity contribution in [3.05, 3.63) is 47.5 Å². The van der Waals surface area contributed by atoms with E-state index in [0.717, 1.165) is 29.7 Å². The van der Waals surface area contributed by atoms with E-state index >= 15 is 0 Å². The van der Waals surface area contributed by atoms with Crippen molar-refractivity contribution in [1.82, 2.24) is 4.90 Å². The second-order valence-electron chi connectivity index (χ2n) is 7.17. The Kier molecular flexibility index (Phi) is 7.69. The summed E-state index contributed by atoms with van der Waals surface area (Å²) in [5.41, 5.74) is 0.903. The monoisotopic (exact) mass is 395 g/mol. The fourth-order valence-corrected chi connectivity index (χ4v) is 3.28. The first-order chi connectivity index (χ1) is 13.2. The Morgan fingerprint density at radius 2 is 2.00 bits per heavy atom. The summed E-state index contributed by atoms with van der Waals surface area (Å²) in [4.78, 5) is 24.1. The SMILES string of the molecule is CCCCC[C@H](O)C=C[C@H]1CC(F)(F)C(=O)N1CCc1ccc(C(=O)O)cc1. The number of benzene rings is 1. The number of carbonyl (C=O) groups is 2. The summed E-state index contributed by atoms with van der Waals surface area (Å²) in [6.07, 6.45) is 5.49. The van der Waals surface area contributed by atoms with E-state index in [4.69, 9.17) is 5.11 Å². The minimum Gasteiger partial charge on any atom is -0.478 e. The fourth-order valence-electron chi connectivity index (χ4n) is 3.28. The molecule has 28 heavy (non-hydrogen) atoms. The minimum atomic E-state index is -3.41. The normalized spacial score (nSPS) is 20.1. The molecule has 1 heterocycles. The summed E-state index contributed by atoms with van der Waals surface area (Å²) in [5, 5.41) is 18.9. The minimum absolute atomic E-state index is 0.0990. The van der Waals surface area contributed by atoms with Crippen LogP contribution >= 0.6 is 0 Å². The number of carbonyl (C=O) groups excluding carboxylic acids is 1. The lowest BCUT2D eigenvalue weighted by atomic mass is 10.1. The first-order valence-electron chi connectivity index (χ1n) is 9.62. The van der Waals surface area contributed by atoms with Crippen LogP contribution in [0.15, 0.2) is 36.4 Å². The van der Waals surface area contributed by atoms with E-state index in [-0.39, 0.29) is 12.1 Å². The number of rotatable bonds is 10. The average molecular weight is 395 g/mol. The summed E-state index contributed by atoms with van der Waals surface area (Å²) in [6.45, 7) is 2.16. The molecular weight excluding hydrogens is 368 g/mol. The van der Waals surface area contributed by atoms with Crippen molar-refractivity contribution >= 4 is 11.9 Å². The second kappa shape index (κ2) is 9.78. The molecule has 154 valence electrons. The zero-order valence-electron chi connectivity index (χ0n) is 16.0. The molecule has 0 aromatic heterocycles. The second-order valence-corrected chi connectivity index (χ2v) is 7.17. The van der Waals surface area contributed by atoms with Crippen molar-refractivity contribution in [2.45, 2.75) is 63.5 Å². The molecule has 1 aliphatic rings. The smallest absolute Gasteiger partial charge is 0.335 e. The molecule has 2 atom stereocenters. The van der Waals surface area contributed by atoms with E-state index in [1.807, 2.05) is 0 Å². The van der Waals surface area contributed by atoms with Crippen LogP contribution in [0, 0.1) is 0 Å². The van der Waals surface area contributed by atoms with Crippen LogP contribution in [-0.4, -0.2) is 51.6 Å². The number of alkyl halides is 2. The molecule has 5 nitrogen and oxygen atoms in total. The molecule has 1 aromatic rings. The van der Waals surface area contributed by atoms with Crippen LogP contribution in [-0.2, 0) is 11.2 Å². The Morgan fingerprint density at radius 3 is 2.61 bits per heavy atom. The predicted octanol–water partition coefficient (Wildman–Crippen LogP) is 3.66. The summed E-state index contributed by atoms with van der Waals surface area (Å²) in [6, 6.07) is 5.36. The number of unbranched alkanes of at least 4 members (excludes halogenated alkanes) is 2. The van der Waals surface area contributed by atoms with Gasteiger partial charge in [0.2, 0.25) is 0 Å². The predicted molar refractivity (Wildman–Crippen MR) is 101 cm³/mol. The molecule has 1 saturated heterocycles. The molecule has 0 spiro atoms. The van der Waals surface area contributed by atoms with E-state index in [1.165, 1.54) is 24.3 Å². The van der Waals surface area contributed by atoms with Crippen LogP contribution in [0.3, 0.4) is 0 Å². The van der Waals surface area contributed by atoms with Crippen molar-refractivity contribution in [3.63, 3.8) is 0 Å². The van der Waals surface area contributed by atoms with Gasteiger partial charge in [-0.2, -0.15) is 8.78 Å². The van der Waals surface area contributed by atoms with E-state index in [1.54, 1.807) is 12.1 Å². The highest BCUT2D eigenvalue weighted by Gasteiger charge is 2.52. The lowest BCUT2D eigenvalue weighted by Gasteiger charge is -2.22. The maximum Gasteiger partial charge on any atom is 0.335 e. The molecule has 7 heteroatoms. The van der Waals surface area contributed by atoms with E-state index < -0.39 is 36.4 Å². The number of carboxylic acid groups (broad SMARTS) is 1. The highest BCUT2D eigenvalue weighted by molar-refractivity contribution is 5.87. The molecule has 1 aliphatic heterocycles. The molecule has 0 saturated carbocycles. The highest BCUT2D eigenvalue weighted by Crippen LogP contribution is 2.34. The third-order valence-corrected chi connectivity index (χ3v) is 4.94. The summed E-state index contributed by atoms with van der Waals surface area (Å²) < 4.78 is 27.9. The van der Waals surface area contributed by atoms with E-state index in [2.05, 4.69) is 6.92 Å². The number of likely N-dealkylation sites (tertiary alicyclic amines) is 1. The number of amides is 1. The van der Waals surface area contributed by atoms with Gasteiger partial charge in [-0.1, -0.05) is 50.5 Å². The largest absolute Gasteiger partial charge is 0.478 e. The van der Waals surface area contributed by atoms with Crippen LogP contribution in [0.1, 0.15) is 54.9 Å². The molecule has 2 rings (SSSR count). The van der Waals surface area contributed by atoms with Gasteiger partial charge in [-0.25, -0.2) is 4.79 Å². The maximum absolute atomic E-state index is 13.9. The Bertz CT molecular complexity index is 703. The summed E-state index contributed by atoms with van der Waals surface area (Å²) in [5.74, 6) is -5.65. The number of aromatic carboxylic acids is 1. The molecule has 0 unspecified atom stereocenters. The van der Waals surface area contributed by atoms with Gasteiger partial charge in [0, 0.05) is 13.0 Å². The first kappa shape index (κ1) is 22.0. The molecule has 1 amide bonds. The van der Waals surface area contributed by atoms with E-state index in [9.17, 15) is 23.5 Å². The Hall–Kier alpha value is -2.28. The number of halogens is 2. The van der Waals surface area contributed by atoms with Crippen LogP contribution in [0.2, 0.25) is 0 Å². The average Bonchev–Trinajstić information content (AvgIpc) is 2.87. The van der Waals surface area contributed by atoms with Gasteiger partial charge in [0.25, 0.3) is 5.91 Å². The lowest BCUT2D eigenvalue weighted by molar-refractivity contribution is -0.148. The zero-order valence-corrected chi connectivity index (χ0v) is 16.0. The number of hydrogen-bond acceptors (Lipinski definition) is 3. The molecule has 2 N–H and O–H groups in total. The number of nitrogens with zero attached hydrogens (tertiary/aromatic N) is 1. The molecular formula is C21H27F2NO4. The Labute approximate surface area is 163 Å². The van der Waals surface area contributed by atoms with Gasteiger partial charge < -0.3 is 15.1 Å². The number of aliphatic hydroxyl groups excluding tert-OH is 1. The standard InChI is InChI=1S/C21H27F2NO4/c1-2-3-4-5-18(25)11-10-17-14-21(22,23)20(28)24(17)13-12-15-6-8-16(9-7-15)19(26)27/h6-11,17-18,25H,2-5,12-14H2,1H3,(H,26,27)/t17-,18-/m0/s1. The first-order valence-corrected chi connectivity index (χ1v) is 9.62. The van der Waals surface area contributed by atoms with Crippen molar-refractivity contribution in [3.8, 4) is 0 Å². The van der Waals surface area contributed by atoms with Crippen LogP contribution in [0.4, 0.5) is 8.78 Å². The van der Waals surface area contributed by atoms with Crippen molar-refractivity contribution in [2.75, 3.05) is 6.54 Å². The number of carboxylic acids is 1. The van der Waals surface area contributed by atoms with Gasteiger partial charge in [0.15, 0.2) is 0 Å². The summed E-state index contributed by atoms with van der Waals surface area (Å²) in [7, 11) is 0. The third kappa shape index (κ3) is 5.86. The highest BCUT2D eigenvalue weighted by atomic mass is 19.3. The molecule has 0 radical (unpaired) electrons. The van der Waals surface area contributed by atoms with Crippen LogP contribution in [0.5, 0.6) is 0 Å². The van der Waals surface area contributed by atoms with Crippen molar-refractivity contribution in [1.29, 1.82) is 0 Å². The maximum atomic E-state index is 13.9. The lowest BCUT2D eigenvalue weighted by Crippen LogP contribution is -2.37. The molecule has 1 fully saturated rings. The van der Waals surface area contributed by atoms with Crippen LogP contribution in [0.25, 0.3) is 0 Å².